The van der Waals surface area contributed by atoms with Crippen LogP contribution in [0.4, 0.5) is 0 Å². The van der Waals surface area contributed by atoms with Crippen LogP contribution in [0.2, 0.25) is 0 Å². The third-order valence-corrected chi connectivity index (χ3v) is 4.55. The molecule has 2 rings (SSSR count). The number of Topliss-reactive ketones (excluding diaryl/α,β-unsaturated/α-hetero) is 1. The lowest BCUT2D eigenvalue weighted by Crippen LogP contribution is -2.37. The average Bonchev–Trinajstić information content (AvgIpc) is 2.56. The maximum absolute atomic E-state index is 11.6. The van der Waals surface area contributed by atoms with Crippen molar-refractivity contribution < 1.29 is 9.53 Å². The van der Waals surface area contributed by atoms with Crippen LogP contribution in [0.3, 0.4) is 0 Å². The Bertz CT molecular complexity index is 508. The molecule has 0 aliphatic carbocycles. The molecule has 0 aromatic heterocycles. The Kier molecular flexibility index (Phi) is 7.06. The number of carbonyl (C=O) groups excluding carboxylic acids is 1. The van der Waals surface area contributed by atoms with Crippen LogP contribution in [0.1, 0.15) is 49.5 Å². The third-order valence-electron chi connectivity index (χ3n) is 4.55. The minimum absolute atomic E-state index is 0.110. The van der Waals surface area contributed by atoms with E-state index in [4.69, 9.17) is 4.74 Å². The van der Waals surface area contributed by atoms with Crippen LogP contribution in [-0.2, 0) is 6.54 Å². The summed E-state index contributed by atoms with van der Waals surface area (Å²) in [6, 6.07) is 5.80. The van der Waals surface area contributed by atoms with E-state index in [1.807, 2.05) is 25.1 Å². The molecule has 1 aliphatic rings. The van der Waals surface area contributed by atoms with E-state index in [9.17, 15) is 4.79 Å². The van der Waals surface area contributed by atoms with Gasteiger partial charge in [-0.1, -0.05) is 6.92 Å². The fourth-order valence-electron chi connectivity index (χ4n) is 3.16. The molecule has 4 nitrogen and oxygen atoms in total. The molecule has 1 aromatic rings. The molecular weight excluding hydrogens is 288 g/mol. The Hall–Kier alpha value is -1.39. The van der Waals surface area contributed by atoms with Crippen LogP contribution in [0.5, 0.6) is 5.75 Å². The summed E-state index contributed by atoms with van der Waals surface area (Å²) >= 11 is 0. The van der Waals surface area contributed by atoms with Crippen LogP contribution in [-0.4, -0.2) is 43.5 Å². The molecule has 0 saturated carbocycles. The van der Waals surface area contributed by atoms with Crippen LogP contribution in [0, 0.1) is 5.92 Å². The first-order valence-electron chi connectivity index (χ1n) is 8.83. The number of likely N-dealkylation sites (tertiary alicyclic amines) is 1. The molecular formula is C19H30N2O2. The summed E-state index contributed by atoms with van der Waals surface area (Å²) in [6.07, 6.45) is 2.48. The van der Waals surface area contributed by atoms with Gasteiger partial charge < -0.3 is 10.1 Å². The normalized spacial score (nSPS) is 16.5. The van der Waals surface area contributed by atoms with E-state index in [0.29, 0.717) is 6.61 Å². The molecule has 128 valence electrons. The Morgan fingerprint density at radius 1 is 1.30 bits per heavy atom. The second-order valence-electron chi connectivity index (χ2n) is 6.34. The smallest absolute Gasteiger partial charge is 0.159 e. The number of ether oxygens (including phenoxy) is 1. The quantitative estimate of drug-likeness (QED) is 0.748. The van der Waals surface area contributed by atoms with Gasteiger partial charge in [-0.3, -0.25) is 9.69 Å². The van der Waals surface area contributed by atoms with Crippen molar-refractivity contribution in [3.8, 4) is 5.75 Å². The highest BCUT2D eigenvalue weighted by molar-refractivity contribution is 5.94. The summed E-state index contributed by atoms with van der Waals surface area (Å²) in [7, 11) is 0. The maximum atomic E-state index is 11.6. The zero-order chi connectivity index (χ0) is 16.7. The molecule has 0 amide bonds. The van der Waals surface area contributed by atoms with Crippen LogP contribution >= 0.6 is 0 Å². The van der Waals surface area contributed by atoms with Crippen molar-refractivity contribution in [1.82, 2.24) is 10.2 Å². The number of rotatable bonds is 8. The van der Waals surface area contributed by atoms with Crippen molar-refractivity contribution >= 4 is 5.78 Å². The molecule has 1 aliphatic heterocycles. The number of nitrogens with one attached hydrogen (secondary N) is 1. The largest absolute Gasteiger partial charge is 0.494 e. The Morgan fingerprint density at radius 2 is 2.04 bits per heavy atom. The molecule has 23 heavy (non-hydrogen) atoms. The topological polar surface area (TPSA) is 41.6 Å². The molecule has 1 heterocycles. The summed E-state index contributed by atoms with van der Waals surface area (Å²) in [4.78, 5) is 14.1. The highest BCUT2D eigenvalue weighted by atomic mass is 16.5. The van der Waals surface area contributed by atoms with Gasteiger partial charge in [0.05, 0.1) is 6.61 Å². The fraction of sp³-hybridized carbons (Fsp3) is 0.632. The number of hydrogen-bond donors (Lipinski definition) is 1. The van der Waals surface area contributed by atoms with E-state index in [2.05, 4.69) is 17.1 Å². The van der Waals surface area contributed by atoms with Crippen molar-refractivity contribution in [2.45, 2.75) is 40.2 Å². The van der Waals surface area contributed by atoms with Gasteiger partial charge in [-0.15, -0.1) is 0 Å². The van der Waals surface area contributed by atoms with Crippen LogP contribution in [0.15, 0.2) is 18.2 Å². The van der Waals surface area contributed by atoms with E-state index in [1.165, 1.54) is 12.8 Å². The van der Waals surface area contributed by atoms with Crippen molar-refractivity contribution in [3.63, 3.8) is 0 Å². The fourth-order valence-corrected chi connectivity index (χ4v) is 3.16. The van der Waals surface area contributed by atoms with Crippen molar-refractivity contribution in [2.24, 2.45) is 5.92 Å². The van der Waals surface area contributed by atoms with E-state index >= 15 is 0 Å². The molecule has 0 bridgehead atoms. The predicted molar refractivity (Wildman–Crippen MR) is 94.2 cm³/mol. The summed E-state index contributed by atoms with van der Waals surface area (Å²) in [5.41, 5.74) is 1.90. The van der Waals surface area contributed by atoms with Crippen LogP contribution < -0.4 is 10.1 Å². The third kappa shape index (κ3) is 5.33. The highest BCUT2D eigenvalue weighted by Crippen LogP contribution is 2.25. The lowest BCUT2D eigenvalue weighted by atomic mass is 9.96. The number of ketones is 1. The highest BCUT2D eigenvalue weighted by Gasteiger charge is 2.20. The van der Waals surface area contributed by atoms with Gasteiger partial charge in [-0.05, 0) is 77.0 Å². The summed E-state index contributed by atoms with van der Waals surface area (Å²) in [6.45, 7) is 11.7. The Labute approximate surface area is 140 Å². The molecule has 4 heteroatoms. The number of benzene rings is 1. The summed E-state index contributed by atoms with van der Waals surface area (Å²) < 4.78 is 5.74. The Morgan fingerprint density at radius 3 is 2.65 bits per heavy atom. The molecule has 0 atom stereocenters. The number of hydrogen-bond acceptors (Lipinski definition) is 4. The van der Waals surface area contributed by atoms with Gasteiger partial charge in [0.15, 0.2) is 5.78 Å². The minimum Gasteiger partial charge on any atom is -0.494 e. The molecule has 1 saturated heterocycles. The lowest BCUT2D eigenvalue weighted by Gasteiger charge is -2.32. The molecule has 0 unspecified atom stereocenters. The zero-order valence-electron chi connectivity index (χ0n) is 14.7. The van der Waals surface area contributed by atoms with Crippen molar-refractivity contribution in [1.29, 1.82) is 0 Å². The number of nitrogens with zero attached hydrogens (tertiary/aromatic N) is 1. The van der Waals surface area contributed by atoms with E-state index < -0.39 is 0 Å². The van der Waals surface area contributed by atoms with Gasteiger partial charge in [-0.2, -0.15) is 0 Å². The van der Waals surface area contributed by atoms with Gasteiger partial charge in [0.2, 0.25) is 0 Å². The van der Waals surface area contributed by atoms with Gasteiger partial charge in [-0.25, -0.2) is 0 Å². The summed E-state index contributed by atoms with van der Waals surface area (Å²) in [5, 5.41) is 3.45. The average molecular weight is 318 g/mol. The van der Waals surface area contributed by atoms with Crippen molar-refractivity contribution in [3.05, 3.63) is 29.3 Å². The minimum atomic E-state index is 0.110. The SMILES string of the molecule is CCNCC1CCN(Cc2cc(C(C)=O)ccc2OCC)CC1. The first kappa shape index (κ1) is 18.0. The van der Waals surface area contributed by atoms with Gasteiger partial charge in [0.1, 0.15) is 5.75 Å². The first-order valence-corrected chi connectivity index (χ1v) is 8.83. The van der Waals surface area contributed by atoms with E-state index in [-0.39, 0.29) is 5.78 Å². The lowest BCUT2D eigenvalue weighted by molar-refractivity contribution is 0.101. The zero-order valence-corrected chi connectivity index (χ0v) is 14.7. The predicted octanol–water partition coefficient (Wildman–Crippen LogP) is 3.11. The van der Waals surface area contributed by atoms with Gasteiger partial charge in [0, 0.05) is 17.7 Å². The van der Waals surface area contributed by atoms with Gasteiger partial charge in [0.25, 0.3) is 0 Å². The monoisotopic (exact) mass is 318 g/mol. The second-order valence-corrected chi connectivity index (χ2v) is 6.34. The first-order chi connectivity index (χ1) is 11.1. The standard InChI is InChI=1S/C19H30N2O2/c1-4-20-13-16-8-10-21(11-9-16)14-18-12-17(15(3)22)6-7-19(18)23-5-2/h6-7,12,16,20H,4-5,8-11,13-14H2,1-3H3. The molecule has 0 spiro atoms. The van der Waals surface area contributed by atoms with Crippen molar-refractivity contribution in [2.75, 3.05) is 32.8 Å². The molecule has 1 aromatic carbocycles. The number of piperidine rings is 1. The van der Waals surface area contributed by atoms with Gasteiger partial charge >= 0.3 is 0 Å². The summed E-state index contributed by atoms with van der Waals surface area (Å²) in [5.74, 6) is 1.81. The molecule has 1 N–H and O–H groups in total. The van der Waals surface area contributed by atoms with E-state index in [0.717, 1.165) is 55.5 Å². The number of carbonyl (C=O) groups is 1. The Balaban J connectivity index is 1.99. The van der Waals surface area contributed by atoms with E-state index in [1.54, 1.807) is 6.92 Å². The maximum Gasteiger partial charge on any atom is 0.159 e. The second kappa shape index (κ2) is 9.04. The molecule has 0 radical (unpaired) electrons. The van der Waals surface area contributed by atoms with Crippen LogP contribution in [0.25, 0.3) is 0 Å². The molecule has 1 fully saturated rings.